The zero-order chi connectivity index (χ0) is 12.1. The number of carbonyl (C=O) groups excluding carboxylic acids is 1. The highest BCUT2D eigenvalue weighted by atomic mass is 16.5. The summed E-state index contributed by atoms with van der Waals surface area (Å²) < 4.78 is 0.609. The summed E-state index contributed by atoms with van der Waals surface area (Å²) in [5, 5.41) is 21.9. The molecule has 1 rings (SSSR count). The molecule has 0 aliphatic heterocycles. The lowest BCUT2D eigenvalue weighted by molar-refractivity contribution is -0.605. The average molecular weight is 224 g/mol. The van der Waals surface area contributed by atoms with Gasteiger partial charge in [0.25, 0.3) is 0 Å². The summed E-state index contributed by atoms with van der Waals surface area (Å²) in [7, 11) is 0. The number of hydrogen-bond acceptors (Lipinski definition) is 3. The highest BCUT2D eigenvalue weighted by Gasteiger charge is 2.18. The van der Waals surface area contributed by atoms with Crippen molar-refractivity contribution in [3.8, 4) is 0 Å². The van der Waals surface area contributed by atoms with Crippen LogP contribution in [0.15, 0.2) is 24.5 Å². The van der Waals surface area contributed by atoms with E-state index >= 15 is 0 Å². The summed E-state index contributed by atoms with van der Waals surface area (Å²) in [6.07, 6.45) is 2.71. The van der Waals surface area contributed by atoms with Gasteiger partial charge in [-0.2, -0.15) is 4.73 Å². The van der Waals surface area contributed by atoms with Crippen LogP contribution in [0.2, 0.25) is 0 Å². The Morgan fingerprint density at radius 2 is 2.06 bits per heavy atom. The number of hydrogen-bond donors (Lipinski definition) is 2. The molecule has 1 unspecified atom stereocenters. The molecule has 86 valence electrons. The van der Waals surface area contributed by atoms with Gasteiger partial charge in [0.2, 0.25) is 5.91 Å². The topological polar surface area (TPSA) is 93.3 Å². The zero-order valence-corrected chi connectivity index (χ0v) is 8.71. The number of amides is 1. The van der Waals surface area contributed by atoms with Crippen LogP contribution in [-0.2, 0) is 16.0 Å². The molecule has 0 spiro atoms. The summed E-state index contributed by atoms with van der Waals surface area (Å²) >= 11 is 0. The molecular formula is C10H12N2O4. The van der Waals surface area contributed by atoms with Gasteiger partial charge in [0.05, 0.1) is 0 Å². The summed E-state index contributed by atoms with van der Waals surface area (Å²) in [6.45, 7) is 1.26. The molecule has 1 aromatic rings. The van der Waals surface area contributed by atoms with Crippen molar-refractivity contribution >= 4 is 11.9 Å². The summed E-state index contributed by atoms with van der Waals surface area (Å²) in [5.74, 6) is -1.50. The fourth-order valence-corrected chi connectivity index (χ4v) is 1.26. The van der Waals surface area contributed by atoms with Crippen molar-refractivity contribution in [2.24, 2.45) is 0 Å². The van der Waals surface area contributed by atoms with Gasteiger partial charge < -0.3 is 15.6 Å². The Kier molecular flexibility index (Phi) is 3.82. The largest absolute Gasteiger partial charge is 0.619 e. The molecule has 0 aliphatic carbocycles. The van der Waals surface area contributed by atoms with Gasteiger partial charge in [-0.25, -0.2) is 4.79 Å². The van der Waals surface area contributed by atoms with Crippen LogP contribution in [0.5, 0.6) is 0 Å². The minimum atomic E-state index is -1.10. The van der Waals surface area contributed by atoms with E-state index < -0.39 is 17.9 Å². The zero-order valence-electron chi connectivity index (χ0n) is 8.71. The van der Waals surface area contributed by atoms with Crippen molar-refractivity contribution in [2.75, 3.05) is 0 Å². The van der Waals surface area contributed by atoms with E-state index in [4.69, 9.17) is 5.11 Å². The van der Waals surface area contributed by atoms with Crippen molar-refractivity contribution in [1.29, 1.82) is 0 Å². The Hall–Kier alpha value is -2.11. The first-order valence-corrected chi connectivity index (χ1v) is 4.66. The highest BCUT2D eigenvalue weighted by Crippen LogP contribution is 2.01. The molecule has 6 nitrogen and oxygen atoms in total. The highest BCUT2D eigenvalue weighted by molar-refractivity contribution is 5.82. The molecule has 0 radical (unpaired) electrons. The Balaban J connectivity index is 2.71. The molecule has 1 amide bonds. The second-order valence-corrected chi connectivity index (χ2v) is 3.36. The maximum Gasteiger partial charge on any atom is 0.326 e. The first-order chi connectivity index (χ1) is 7.49. The number of nitrogens with one attached hydrogen (secondary N) is 1. The van der Waals surface area contributed by atoms with Gasteiger partial charge in [-0.3, -0.25) is 4.79 Å². The minimum absolute atomic E-state index is 0.149. The Morgan fingerprint density at radius 3 is 2.50 bits per heavy atom. The number of carboxylic acids is 1. The molecule has 1 aromatic heterocycles. The Bertz CT molecular complexity index is 388. The predicted octanol–water partition coefficient (Wildman–Crippen LogP) is -0.548. The predicted molar refractivity (Wildman–Crippen MR) is 54.3 cm³/mol. The van der Waals surface area contributed by atoms with Crippen molar-refractivity contribution in [3.05, 3.63) is 35.3 Å². The SMILES string of the molecule is CC(=O)NC(Cc1cc[n+]([O-])cc1)C(=O)O. The summed E-state index contributed by atoms with van der Waals surface area (Å²) in [4.78, 5) is 21.6. The number of carboxylic acid groups (broad SMARTS) is 1. The average Bonchev–Trinajstić information content (AvgIpc) is 2.19. The van der Waals surface area contributed by atoms with Crippen LogP contribution in [0.25, 0.3) is 0 Å². The third-order valence-electron chi connectivity index (χ3n) is 1.99. The van der Waals surface area contributed by atoms with E-state index in [-0.39, 0.29) is 6.42 Å². The van der Waals surface area contributed by atoms with Crippen LogP contribution < -0.4 is 10.0 Å². The molecule has 1 atom stereocenters. The molecule has 0 aliphatic rings. The monoisotopic (exact) mass is 224 g/mol. The van der Waals surface area contributed by atoms with Gasteiger partial charge in [-0.05, 0) is 5.56 Å². The molecular weight excluding hydrogens is 212 g/mol. The van der Waals surface area contributed by atoms with Crippen LogP contribution in [0.3, 0.4) is 0 Å². The van der Waals surface area contributed by atoms with E-state index in [0.717, 1.165) is 0 Å². The second-order valence-electron chi connectivity index (χ2n) is 3.36. The van der Waals surface area contributed by atoms with Crippen LogP contribution in [0.4, 0.5) is 0 Å². The Labute approximate surface area is 92.1 Å². The summed E-state index contributed by atoms with van der Waals surface area (Å²) in [5.41, 5.74) is 0.674. The first-order valence-electron chi connectivity index (χ1n) is 4.66. The van der Waals surface area contributed by atoms with E-state index in [2.05, 4.69) is 5.32 Å². The number of aromatic nitrogens is 1. The lowest BCUT2D eigenvalue weighted by atomic mass is 10.1. The number of carbonyl (C=O) groups is 2. The fraction of sp³-hybridized carbons (Fsp3) is 0.300. The molecule has 16 heavy (non-hydrogen) atoms. The van der Waals surface area contributed by atoms with Gasteiger partial charge in [0.1, 0.15) is 6.04 Å². The molecule has 2 N–H and O–H groups in total. The fourth-order valence-electron chi connectivity index (χ4n) is 1.26. The second kappa shape index (κ2) is 5.11. The van der Waals surface area contributed by atoms with Crippen LogP contribution in [0, 0.1) is 5.21 Å². The lowest BCUT2D eigenvalue weighted by Crippen LogP contribution is -2.41. The molecule has 0 saturated heterocycles. The van der Waals surface area contributed by atoms with E-state index in [1.807, 2.05) is 0 Å². The number of nitrogens with zero attached hydrogens (tertiary/aromatic N) is 1. The maximum absolute atomic E-state index is 10.8. The van der Waals surface area contributed by atoms with Crippen molar-refractivity contribution < 1.29 is 19.4 Å². The lowest BCUT2D eigenvalue weighted by Gasteiger charge is -2.12. The molecule has 0 aromatic carbocycles. The van der Waals surface area contributed by atoms with Gasteiger partial charge in [-0.1, -0.05) is 0 Å². The minimum Gasteiger partial charge on any atom is -0.619 e. The van der Waals surface area contributed by atoms with Gasteiger partial charge >= 0.3 is 5.97 Å². The van der Waals surface area contributed by atoms with Crippen molar-refractivity contribution in [3.63, 3.8) is 0 Å². The summed E-state index contributed by atoms with van der Waals surface area (Å²) in [6, 6.07) is 2.06. The Morgan fingerprint density at radius 1 is 1.50 bits per heavy atom. The van der Waals surface area contributed by atoms with Crippen molar-refractivity contribution in [2.45, 2.75) is 19.4 Å². The smallest absolute Gasteiger partial charge is 0.326 e. The van der Waals surface area contributed by atoms with Crippen LogP contribution in [0.1, 0.15) is 12.5 Å². The molecule has 0 saturated carbocycles. The number of aliphatic carboxylic acids is 1. The van der Waals surface area contributed by atoms with Gasteiger partial charge in [0, 0.05) is 25.5 Å². The third kappa shape index (κ3) is 3.56. The molecule has 0 bridgehead atoms. The maximum atomic E-state index is 10.8. The van der Waals surface area contributed by atoms with Crippen LogP contribution >= 0.6 is 0 Å². The van der Waals surface area contributed by atoms with Crippen molar-refractivity contribution in [1.82, 2.24) is 5.32 Å². The number of pyridine rings is 1. The number of rotatable bonds is 4. The standard InChI is InChI=1S/C10H12N2O4/c1-7(13)11-9(10(14)15)6-8-2-4-12(16)5-3-8/h2-5,9H,6H2,1H3,(H,11,13)(H,14,15). The third-order valence-corrected chi connectivity index (χ3v) is 1.99. The van der Waals surface area contributed by atoms with E-state index in [0.29, 0.717) is 10.3 Å². The molecule has 6 heteroatoms. The normalized spacial score (nSPS) is 11.8. The van der Waals surface area contributed by atoms with Gasteiger partial charge in [-0.15, -0.1) is 0 Å². The van der Waals surface area contributed by atoms with E-state index in [9.17, 15) is 14.8 Å². The van der Waals surface area contributed by atoms with Gasteiger partial charge in [0.15, 0.2) is 12.4 Å². The quantitative estimate of drug-likeness (QED) is 0.530. The van der Waals surface area contributed by atoms with E-state index in [1.165, 1.54) is 31.5 Å². The molecule has 1 heterocycles. The van der Waals surface area contributed by atoms with Crippen LogP contribution in [-0.4, -0.2) is 23.0 Å². The van der Waals surface area contributed by atoms with E-state index in [1.54, 1.807) is 0 Å². The first kappa shape index (κ1) is 12.0. The molecule has 0 fully saturated rings.